The zero-order valence-electron chi connectivity index (χ0n) is 14.9. The SMILES string of the molecule is COCCN(Cc1ccccn1)C(=O)CN1C(=O)COc2cc(Br)ccc21. The fourth-order valence-electron chi connectivity index (χ4n) is 2.77. The molecular weight excluding hydrogens is 414 g/mol. The molecule has 0 spiro atoms. The van der Waals surface area contributed by atoms with Gasteiger partial charge in [-0.05, 0) is 30.3 Å². The molecule has 0 unspecified atom stereocenters. The summed E-state index contributed by atoms with van der Waals surface area (Å²) >= 11 is 3.39. The van der Waals surface area contributed by atoms with Gasteiger partial charge >= 0.3 is 0 Å². The summed E-state index contributed by atoms with van der Waals surface area (Å²) in [5, 5.41) is 0. The minimum Gasteiger partial charge on any atom is -0.482 e. The Kier molecular flexibility index (Phi) is 6.41. The van der Waals surface area contributed by atoms with Crippen molar-refractivity contribution in [2.45, 2.75) is 6.54 Å². The highest BCUT2D eigenvalue weighted by Crippen LogP contribution is 2.34. The van der Waals surface area contributed by atoms with Crippen molar-refractivity contribution >= 4 is 33.4 Å². The molecule has 8 heteroatoms. The van der Waals surface area contributed by atoms with Crippen LogP contribution in [0, 0.1) is 0 Å². The first-order valence-electron chi connectivity index (χ1n) is 8.48. The Morgan fingerprint density at radius 3 is 2.96 bits per heavy atom. The maximum absolute atomic E-state index is 12.9. The van der Waals surface area contributed by atoms with Crippen molar-refractivity contribution in [3.8, 4) is 5.75 Å². The number of carbonyl (C=O) groups is 2. The highest BCUT2D eigenvalue weighted by atomic mass is 79.9. The number of hydrogen-bond acceptors (Lipinski definition) is 5. The van der Waals surface area contributed by atoms with Crippen LogP contribution in [0.15, 0.2) is 47.1 Å². The summed E-state index contributed by atoms with van der Waals surface area (Å²) in [4.78, 5) is 32.7. The smallest absolute Gasteiger partial charge is 0.265 e. The second kappa shape index (κ2) is 8.96. The first-order valence-corrected chi connectivity index (χ1v) is 9.27. The first-order chi connectivity index (χ1) is 13.1. The molecule has 7 nitrogen and oxygen atoms in total. The Labute approximate surface area is 166 Å². The van der Waals surface area contributed by atoms with E-state index in [1.165, 1.54) is 4.90 Å². The summed E-state index contributed by atoms with van der Waals surface area (Å²) in [6, 6.07) is 10.9. The number of anilines is 1. The van der Waals surface area contributed by atoms with Gasteiger partial charge in [0.25, 0.3) is 5.91 Å². The zero-order valence-corrected chi connectivity index (χ0v) is 16.5. The number of ether oxygens (including phenoxy) is 2. The van der Waals surface area contributed by atoms with Gasteiger partial charge in [0.2, 0.25) is 5.91 Å². The molecular formula is C19H20BrN3O4. The highest BCUT2D eigenvalue weighted by Gasteiger charge is 2.29. The molecule has 0 saturated carbocycles. The van der Waals surface area contributed by atoms with E-state index >= 15 is 0 Å². The van der Waals surface area contributed by atoms with Crippen LogP contribution >= 0.6 is 15.9 Å². The van der Waals surface area contributed by atoms with E-state index in [1.807, 2.05) is 24.3 Å². The molecule has 2 aromatic rings. The number of benzene rings is 1. The molecule has 3 rings (SSSR count). The van der Waals surface area contributed by atoms with Crippen molar-refractivity contribution in [2.75, 3.05) is 38.3 Å². The second-order valence-corrected chi connectivity index (χ2v) is 6.93. The van der Waals surface area contributed by atoms with E-state index in [1.54, 1.807) is 30.3 Å². The molecule has 1 aromatic heterocycles. The van der Waals surface area contributed by atoms with Crippen LogP contribution in [0.3, 0.4) is 0 Å². The highest BCUT2D eigenvalue weighted by molar-refractivity contribution is 9.10. The Hall–Kier alpha value is -2.45. The van der Waals surface area contributed by atoms with E-state index in [9.17, 15) is 9.59 Å². The van der Waals surface area contributed by atoms with Crippen molar-refractivity contribution < 1.29 is 19.1 Å². The molecule has 0 N–H and O–H groups in total. The number of aromatic nitrogens is 1. The van der Waals surface area contributed by atoms with Gasteiger partial charge in [0.1, 0.15) is 12.3 Å². The van der Waals surface area contributed by atoms with Crippen molar-refractivity contribution in [3.05, 3.63) is 52.8 Å². The molecule has 0 aliphatic carbocycles. The topological polar surface area (TPSA) is 72.0 Å². The number of carbonyl (C=O) groups excluding carboxylic acids is 2. The lowest BCUT2D eigenvalue weighted by atomic mass is 10.2. The van der Waals surface area contributed by atoms with Crippen LogP contribution in [0.5, 0.6) is 5.75 Å². The quantitative estimate of drug-likeness (QED) is 0.669. The van der Waals surface area contributed by atoms with E-state index < -0.39 is 0 Å². The van der Waals surface area contributed by atoms with Crippen LogP contribution in [0.25, 0.3) is 0 Å². The number of fused-ring (bicyclic) bond motifs is 1. The summed E-state index contributed by atoms with van der Waals surface area (Å²) in [5.41, 5.74) is 1.37. The number of rotatable bonds is 7. The van der Waals surface area contributed by atoms with Crippen LogP contribution < -0.4 is 9.64 Å². The lowest BCUT2D eigenvalue weighted by Gasteiger charge is -2.31. The van der Waals surface area contributed by atoms with Crippen LogP contribution in [0.4, 0.5) is 5.69 Å². The third-order valence-corrected chi connectivity index (χ3v) is 4.65. The average molecular weight is 434 g/mol. The van der Waals surface area contributed by atoms with Gasteiger partial charge in [-0.1, -0.05) is 22.0 Å². The molecule has 0 saturated heterocycles. The van der Waals surface area contributed by atoms with E-state index in [0.717, 1.165) is 10.2 Å². The van der Waals surface area contributed by atoms with Crippen LogP contribution in [0.2, 0.25) is 0 Å². The standard InChI is InChI=1S/C19H20BrN3O4/c1-26-9-8-22(11-15-4-2-3-7-21-15)18(24)12-23-16-6-5-14(20)10-17(16)27-13-19(23)25/h2-7,10H,8-9,11-13H2,1H3. The third kappa shape index (κ3) is 4.84. The van der Waals surface area contributed by atoms with Crippen molar-refractivity contribution in [2.24, 2.45) is 0 Å². The fraction of sp³-hybridized carbons (Fsp3) is 0.316. The fourth-order valence-corrected chi connectivity index (χ4v) is 3.11. The van der Waals surface area contributed by atoms with E-state index in [-0.39, 0.29) is 25.0 Å². The molecule has 1 aliphatic heterocycles. The molecule has 27 heavy (non-hydrogen) atoms. The van der Waals surface area contributed by atoms with Crippen LogP contribution in [-0.2, 0) is 20.9 Å². The number of amides is 2. The van der Waals surface area contributed by atoms with Gasteiger partial charge in [0.05, 0.1) is 24.5 Å². The Bertz CT molecular complexity index is 816. The number of hydrogen-bond donors (Lipinski definition) is 0. The molecule has 2 amide bonds. The molecule has 2 heterocycles. The normalized spacial score (nSPS) is 13.1. The van der Waals surface area contributed by atoms with Crippen molar-refractivity contribution in [1.29, 1.82) is 0 Å². The summed E-state index contributed by atoms with van der Waals surface area (Å²) in [6.07, 6.45) is 1.69. The summed E-state index contributed by atoms with van der Waals surface area (Å²) in [6.45, 7) is 1.02. The summed E-state index contributed by atoms with van der Waals surface area (Å²) < 4.78 is 11.4. The predicted molar refractivity (Wildman–Crippen MR) is 104 cm³/mol. The number of methoxy groups -OCH3 is 1. The summed E-state index contributed by atoms with van der Waals surface area (Å²) in [7, 11) is 1.59. The van der Waals surface area contributed by atoms with Gasteiger partial charge < -0.3 is 14.4 Å². The molecule has 0 bridgehead atoms. The van der Waals surface area contributed by atoms with Gasteiger partial charge in [-0.25, -0.2) is 0 Å². The lowest BCUT2D eigenvalue weighted by Crippen LogP contribution is -2.47. The monoisotopic (exact) mass is 433 g/mol. The maximum Gasteiger partial charge on any atom is 0.265 e. The predicted octanol–water partition coefficient (Wildman–Crippen LogP) is 2.24. The Balaban J connectivity index is 1.77. The van der Waals surface area contributed by atoms with Crippen LogP contribution in [0.1, 0.15) is 5.69 Å². The molecule has 0 fully saturated rings. The molecule has 0 radical (unpaired) electrons. The van der Waals surface area contributed by atoms with Crippen LogP contribution in [-0.4, -0.2) is 55.1 Å². The largest absolute Gasteiger partial charge is 0.482 e. The average Bonchev–Trinajstić information content (AvgIpc) is 2.68. The summed E-state index contributed by atoms with van der Waals surface area (Å²) in [5.74, 6) is 0.148. The van der Waals surface area contributed by atoms with Gasteiger partial charge in [0.15, 0.2) is 6.61 Å². The maximum atomic E-state index is 12.9. The molecule has 142 valence electrons. The molecule has 1 aromatic carbocycles. The number of pyridine rings is 1. The Morgan fingerprint density at radius 2 is 2.22 bits per heavy atom. The van der Waals surface area contributed by atoms with Gasteiger partial charge in [0, 0.05) is 24.3 Å². The van der Waals surface area contributed by atoms with E-state index in [4.69, 9.17) is 9.47 Å². The molecule has 0 atom stereocenters. The van der Waals surface area contributed by atoms with Gasteiger partial charge in [-0.2, -0.15) is 0 Å². The minimum absolute atomic E-state index is 0.0621. The minimum atomic E-state index is -0.247. The van der Waals surface area contributed by atoms with Crippen molar-refractivity contribution in [3.63, 3.8) is 0 Å². The number of halogens is 1. The Morgan fingerprint density at radius 1 is 1.37 bits per heavy atom. The second-order valence-electron chi connectivity index (χ2n) is 6.01. The van der Waals surface area contributed by atoms with Gasteiger partial charge in [-0.15, -0.1) is 0 Å². The number of nitrogens with zero attached hydrogens (tertiary/aromatic N) is 3. The zero-order chi connectivity index (χ0) is 19.2. The first kappa shape index (κ1) is 19.3. The molecule has 1 aliphatic rings. The van der Waals surface area contributed by atoms with E-state index in [2.05, 4.69) is 20.9 Å². The third-order valence-electron chi connectivity index (χ3n) is 4.16. The van der Waals surface area contributed by atoms with E-state index in [0.29, 0.717) is 31.1 Å². The lowest BCUT2D eigenvalue weighted by molar-refractivity contribution is -0.133. The van der Waals surface area contributed by atoms with Crippen molar-refractivity contribution in [1.82, 2.24) is 9.88 Å². The van der Waals surface area contributed by atoms with Gasteiger partial charge in [-0.3, -0.25) is 19.5 Å².